The first-order chi connectivity index (χ1) is 7.46. The van der Waals surface area contributed by atoms with E-state index in [1.165, 1.54) is 18.6 Å². The van der Waals surface area contributed by atoms with Crippen LogP contribution in [0, 0.1) is 11.3 Å². The topological polar surface area (TPSA) is 80.3 Å². The van der Waals surface area contributed by atoms with E-state index in [0.717, 1.165) is 0 Å². The van der Waals surface area contributed by atoms with Crippen LogP contribution in [0.25, 0.3) is 0 Å². The van der Waals surface area contributed by atoms with Gasteiger partial charge in [0.25, 0.3) is 0 Å². The van der Waals surface area contributed by atoms with Crippen molar-refractivity contribution >= 4 is 22.6 Å². The van der Waals surface area contributed by atoms with Crippen LogP contribution in [0.2, 0.25) is 0 Å². The van der Waals surface area contributed by atoms with E-state index in [1.807, 2.05) is 0 Å². The molecule has 0 saturated heterocycles. The Kier molecular flexibility index (Phi) is 2.92. The van der Waals surface area contributed by atoms with E-state index in [-0.39, 0.29) is 12.6 Å². The molecule has 0 aromatic heterocycles. The highest BCUT2D eigenvalue weighted by Gasteiger charge is 2.74. The summed E-state index contributed by atoms with van der Waals surface area (Å²) < 4.78 is 59.6. The maximum absolute atomic E-state index is 12.2. The summed E-state index contributed by atoms with van der Waals surface area (Å²) in [6, 6.07) is 0. The number of halogens is 3. The fourth-order valence-corrected chi connectivity index (χ4v) is 2.84. The van der Waals surface area contributed by atoms with E-state index in [4.69, 9.17) is 0 Å². The van der Waals surface area contributed by atoms with Crippen LogP contribution in [0.4, 0.5) is 13.2 Å². The van der Waals surface area contributed by atoms with E-state index in [9.17, 15) is 31.2 Å². The lowest BCUT2D eigenvalue weighted by Crippen LogP contribution is -2.48. The second-order valence-electron chi connectivity index (χ2n) is 4.37. The van der Waals surface area contributed by atoms with Gasteiger partial charge in [0, 0.05) is 11.3 Å². The molecule has 1 aliphatic rings. The van der Waals surface area contributed by atoms with Crippen LogP contribution in [0.5, 0.6) is 0 Å². The Hall–Kier alpha value is -0.960. The largest absolute Gasteiger partial charge is 0.511 e. The van der Waals surface area contributed by atoms with E-state index in [2.05, 4.69) is 0 Å². The molecule has 98 valence electrons. The third kappa shape index (κ3) is 1.77. The number of carbonyl (C=O) groups excluding carboxylic acids is 2. The first-order valence-electron chi connectivity index (χ1n) is 4.48. The third-order valence-corrected chi connectivity index (χ3v) is 4.40. The molecule has 0 aromatic carbocycles. The second kappa shape index (κ2) is 3.52. The summed E-state index contributed by atoms with van der Waals surface area (Å²) >= 11 is 0. The van der Waals surface area contributed by atoms with E-state index >= 15 is 0 Å². The van der Waals surface area contributed by atoms with Gasteiger partial charge in [0.15, 0.2) is 0 Å². The van der Waals surface area contributed by atoms with Gasteiger partial charge in [-0.05, 0) is 0 Å². The molecule has 0 radical (unpaired) electrons. The van der Waals surface area contributed by atoms with Crippen molar-refractivity contribution in [1.82, 2.24) is 4.72 Å². The molecule has 17 heavy (non-hydrogen) atoms. The number of hydrogen-bond acceptors (Lipinski definition) is 4. The van der Waals surface area contributed by atoms with Crippen LogP contribution in [-0.4, -0.2) is 32.0 Å². The van der Waals surface area contributed by atoms with Gasteiger partial charge in [-0.25, -0.2) is 8.42 Å². The molecule has 1 N–H and O–H groups in total. The standard InChI is InChI=1S/C8H10F3NO4S/c1-6(2)5(3-13)7(6,4-14)12-17(15,16)8(9,10)11/h3-5,12H,1-2H3. The number of nitrogens with one attached hydrogen (secondary N) is 1. The zero-order valence-corrected chi connectivity index (χ0v) is 9.72. The summed E-state index contributed by atoms with van der Waals surface area (Å²) in [5, 5.41) is 0. The van der Waals surface area contributed by atoms with Crippen molar-refractivity contribution in [3.63, 3.8) is 0 Å². The number of carbonyl (C=O) groups is 2. The van der Waals surface area contributed by atoms with E-state index < -0.39 is 32.4 Å². The average Bonchev–Trinajstić information content (AvgIpc) is 2.59. The molecule has 1 fully saturated rings. The van der Waals surface area contributed by atoms with Gasteiger partial charge in [0.05, 0.1) is 0 Å². The summed E-state index contributed by atoms with van der Waals surface area (Å²) in [7, 11) is -5.66. The Balaban J connectivity index is 3.12. The van der Waals surface area contributed by atoms with Crippen LogP contribution < -0.4 is 4.72 Å². The van der Waals surface area contributed by atoms with Crippen molar-refractivity contribution in [1.29, 1.82) is 0 Å². The minimum Gasteiger partial charge on any atom is -0.303 e. The lowest BCUT2D eigenvalue weighted by Gasteiger charge is -2.16. The average molecular weight is 273 g/mol. The van der Waals surface area contributed by atoms with Gasteiger partial charge in [-0.3, -0.25) is 0 Å². The van der Waals surface area contributed by atoms with Crippen LogP contribution in [0.3, 0.4) is 0 Å². The smallest absolute Gasteiger partial charge is 0.303 e. The van der Waals surface area contributed by atoms with Gasteiger partial charge < -0.3 is 9.59 Å². The van der Waals surface area contributed by atoms with Crippen LogP contribution in [-0.2, 0) is 19.6 Å². The highest BCUT2D eigenvalue weighted by molar-refractivity contribution is 7.90. The number of rotatable bonds is 4. The molecule has 1 saturated carbocycles. The Morgan fingerprint density at radius 2 is 1.71 bits per heavy atom. The summed E-state index contributed by atoms with van der Waals surface area (Å²) in [6.07, 6.45) is 0.308. The normalized spacial score (nSPS) is 31.9. The Bertz CT molecular complexity index is 456. The monoisotopic (exact) mass is 273 g/mol. The SMILES string of the molecule is CC1(C)C(C=O)C1(C=O)NS(=O)(=O)C(F)(F)F. The van der Waals surface area contributed by atoms with Crippen molar-refractivity contribution in [2.75, 3.05) is 0 Å². The second-order valence-corrected chi connectivity index (χ2v) is 6.05. The summed E-state index contributed by atoms with van der Waals surface area (Å²) in [5.41, 5.74) is -8.70. The third-order valence-electron chi connectivity index (χ3n) is 3.18. The van der Waals surface area contributed by atoms with Crippen molar-refractivity contribution in [3.05, 3.63) is 0 Å². The molecule has 0 heterocycles. The van der Waals surface area contributed by atoms with Gasteiger partial charge in [-0.2, -0.15) is 17.9 Å². The highest BCUT2D eigenvalue weighted by Crippen LogP contribution is 2.59. The summed E-state index contributed by atoms with van der Waals surface area (Å²) in [6.45, 7) is 2.67. The van der Waals surface area contributed by atoms with Crippen LogP contribution in [0.1, 0.15) is 13.8 Å². The molecule has 0 aromatic rings. The molecular weight excluding hydrogens is 263 g/mol. The molecule has 5 nitrogen and oxygen atoms in total. The molecule has 0 amide bonds. The maximum atomic E-state index is 12.2. The van der Waals surface area contributed by atoms with E-state index in [1.54, 1.807) is 0 Å². The van der Waals surface area contributed by atoms with Gasteiger partial charge in [0.1, 0.15) is 18.1 Å². The van der Waals surface area contributed by atoms with Gasteiger partial charge in [-0.15, -0.1) is 0 Å². The van der Waals surface area contributed by atoms with Crippen molar-refractivity contribution in [2.24, 2.45) is 11.3 Å². The molecule has 9 heteroatoms. The number of alkyl halides is 3. The first-order valence-corrected chi connectivity index (χ1v) is 5.96. The zero-order valence-electron chi connectivity index (χ0n) is 8.91. The fourth-order valence-electron chi connectivity index (χ4n) is 1.84. The number of sulfonamides is 1. The molecule has 1 aliphatic carbocycles. The molecular formula is C8H10F3NO4S. The Morgan fingerprint density at radius 1 is 1.24 bits per heavy atom. The van der Waals surface area contributed by atoms with Gasteiger partial charge in [0.2, 0.25) is 0 Å². The minimum absolute atomic E-state index is 0.0371. The van der Waals surface area contributed by atoms with Crippen LogP contribution >= 0.6 is 0 Å². The van der Waals surface area contributed by atoms with Gasteiger partial charge in [-0.1, -0.05) is 13.8 Å². The molecule has 0 spiro atoms. The molecule has 2 atom stereocenters. The quantitative estimate of drug-likeness (QED) is 0.743. The predicted molar refractivity (Wildman–Crippen MR) is 50.2 cm³/mol. The summed E-state index contributed by atoms with van der Waals surface area (Å²) in [5.74, 6) is -1.11. The predicted octanol–water partition coefficient (Wildman–Crippen LogP) is 0.218. The first kappa shape index (κ1) is 14.1. The number of hydrogen-bond donors (Lipinski definition) is 1. The fraction of sp³-hybridized carbons (Fsp3) is 0.750. The minimum atomic E-state index is -5.66. The Morgan fingerprint density at radius 3 is 1.94 bits per heavy atom. The molecule has 0 aliphatic heterocycles. The van der Waals surface area contributed by atoms with Crippen LogP contribution in [0.15, 0.2) is 0 Å². The number of aldehydes is 2. The maximum Gasteiger partial charge on any atom is 0.511 e. The summed E-state index contributed by atoms with van der Waals surface area (Å²) in [4.78, 5) is 21.4. The molecule has 2 unspecified atom stereocenters. The zero-order chi connectivity index (χ0) is 13.7. The van der Waals surface area contributed by atoms with Gasteiger partial charge >= 0.3 is 15.5 Å². The van der Waals surface area contributed by atoms with Crippen molar-refractivity contribution in [2.45, 2.75) is 24.9 Å². The lowest BCUT2D eigenvalue weighted by molar-refractivity contribution is -0.114. The highest BCUT2D eigenvalue weighted by atomic mass is 32.2. The van der Waals surface area contributed by atoms with Crippen molar-refractivity contribution < 1.29 is 31.2 Å². The molecule has 0 bridgehead atoms. The van der Waals surface area contributed by atoms with E-state index in [0.29, 0.717) is 0 Å². The lowest BCUT2D eigenvalue weighted by atomic mass is 10.1. The molecule has 1 rings (SSSR count). The van der Waals surface area contributed by atoms with Crippen molar-refractivity contribution in [3.8, 4) is 0 Å². The Labute approximate surface area is 95.4 Å².